The monoisotopic (exact) mass is 1070 g/mol. The Labute approximate surface area is 462 Å². The zero-order valence-corrected chi connectivity index (χ0v) is 47.4. The van der Waals surface area contributed by atoms with Crippen molar-refractivity contribution in [1.82, 2.24) is 10.2 Å². The van der Waals surface area contributed by atoms with E-state index in [1.54, 1.807) is 17.0 Å². The Balaban J connectivity index is 1.35. The third kappa shape index (κ3) is 18.1. The summed E-state index contributed by atoms with van der Waals surface area (Å²) < 4.78 is 38.6. The fourth-order valence-electron chi connectivity index (χ4n) is 12.2. The van der Waals surface area contributed by atoms with E-state index in [9.17, 15) is 15.0 Å². The van der Waals surface area contributed by atoms with Crippen LogP contribution in [-0.2, 0) is 20.9 Å². The zero-order valence-electron chi connectivity index (χ0n) is 47.4. The zero-order chi connectivity index (χ0) is 54.5. The number of nitrogens with one attached hydrogen (secondary N) is 1. The predicted molar refractivity (Wildman–Crippen MR) is 304 cm³/mol. The topological polar surface area (TPSA) is 167 Å². The van der Waals surface area contributed by atoms with Crippen molar-refractivity contribution < 1.29 is 53.1 Å². The van der Waals surface area contributed by atoms with Crippen LogP contribution in [0.3, 0.4) is 0 Å². The van der Waals surface area contributed by atoms with Gasteiger partial charge in [-0.15, -0.1) is 6.58 Å². The summed E-state index contributed by atoms with van der Waals surface area (Å²) in [5.41, 5.74) is 3.28. The van der Waals surface area contributed by atoms with Gasteiger partial charge < -0.3 is 48.8 Å². The van der Waals surface area contributed by atoms with Crippen molar-refractivity contribution in [1.29, 1.82) is 0 Å². The van der Waals surface area contributed by atoms with Crippen LogP contribution in [-0.4, -0.2) is 91.2 Å². The van der Waals surface area contributed by atoms with Crippen molar-refractivity contribution in [2.24, 2.45) is 22.9 Å². The first-order chi connectivity index (χ1) is 37.8. The molecule has 14 nitrogen and oxygen atoms in total. The fraction of sp³-hybridized carbons (Fsp3) is 0.698. The summed E-state index contributed by atoms with van der Waals surface area (Å²) in [6, 6.07) is 10.5. The van der Waals surface area contributed by atoms with Gasteiger partial charge in [0.25, 0.3) is 0 Å². The van der Waals surface area contributed by atoms with Crippen molar-refractivity contribution in [3.05, 3.63) is 71.8 Å². The molecule has 2 amide bonds. The Morgan fingerprint density at radius 2 is 1.40 bits per heavy atom. The molecular weight excluding hydrogens is 975 g/mol. The quantitative estimate of drug-likeness (QED) is 0.0331. The van der Waals surface area contributed by atoms with Gasteiger partial charge in [0.15, 0.2) is 11.5 Å². The van der Waals surface area contributed by atoms with Gasteiger partial charge in [-0.1, -0.05) is 166 Å². The molecular formula is C63H97N3O11. The molecule has 2 aliphatic carbocycles. The number of ether oxygens (including phenoxy) is 6. The summed E-state index contributed by atoms with van der Waals surface area (Å²) in [5, 5.41) is 28.0. The van der Waals surface area contributed by atoms with Gasteiger partial charge in [-0.25, -0.2) is 9.59 Å². The van der Waals surface area contributed by atoms with E-state index in [4.69, 9.17) is 38.4 Å². The molecule has 0 radical (unpaired) electrons. The summed E-state index contributed by atoms with van der Waals surface area (Å²) in [6.07, 6.45) is 31.4. The molecule has 2 aromatic carbocycles. The molecule has 2 heterocycles. The van der Waals surface area contributed by atoms with Crippen molar-refractivity contribution in [2.75, 3.05) is 46.4 Å². The van der Waals surface area contributed by atoms with E-state index < -0.39 is 29.9 Å². The number of allylic oxidation sites excluding steroid dienone is 1. The van der Waals surface area contributed by atoms with E-state index in [2.05, 4.69) is 31.8 Å². The molecule has 2 aromatic rings. The number of carbonyl (C=O) groups is 2. The predicted octanol–water partition coefficient (Wildman–Crippen LogP) is 14.6. The number of benzene rings is 2. The van der Waals surface area contributed by atoms with Gasteiger partial charge in [0.05, 0.1) is 24.8 Å². The highest BCUT2D eigenvalue weighted by Gasteiger charge is 2.66. The maximum Gasteiger partial charge on any atom is 0.412 e. The van der Waals surface area contributed by atoms with E-state index in [0.29, 0.717) is 54.7 Å². The Morgan fingerprint density at radius 1 is 0.766 bits per heavy atom. The lowest BCUT2D eigenvalue weighted by molar-refractivity contribution is -0.256. The molecule has 14 heteroatoms. The van der Waals surface area contributed by atoms with Gasteiger partial charge in [0.2, 0.25) is 12.6 Å². The van der Waals surface area contributed by atoms with Crippen LogP contribution >= 0.6 is 0 Å². The standard InChI is InChI=1S/C63H97N3O11/c1-5-9-11-13-15-17-19-21-23-27-37-64-61(69)76-50-34-36-55-53(44-50)59-51(32-26-29-39-68)49(31-25-28-38-67)43-52-54(65-75-8-4)45-58(63(77-55,60(52)59)74-40-7-3)66(46-48-33-35-56-57(42-48)73-47-72-56)62(70)71-41-30-24-22-20-18-16-14-12-10-6-2/h7,33-36,42-44,49,51,58-60,67-68H,3,5-6,8-32,37-41,45-47H2,1-2,4H3,(H,64,69). The summed E-state index contributed by atoms with van der Waals surface area (Å²) in [7, 11) is 0. The first-order valence-corrected chi connectivity index (χ1v) is 30.3. The van der Waals surface area contributed by atoms with Gasteiger partial charge in [-0.2, -0.15) is 0 Å². The van der Waals surface area contributed by atoms with Crippen LogP contribution in [0.5, 0.6) is 23.0 Å². The van der Waals surface area contributed by atoms with Crippen molar-refractivity contribution in [3.8, 4) is 23.0 Å². The van der Waals surface area contributed by atoms with Crippen LogP contribution in [0.25, 0.3) is 0 Å². The molecule has 6 rings (SSSR count). The summed E-state index contributed by atoms with van der Waals surface area (Å²) in [4.78, 5) is 36.4. The van der Waals surface area contributed by atoms with Gasteiger partial charge >= 0.3 is 12.2 Å². The van der Waals surface area contributed by atoms with Gasteiger partial charge in [-0.3, -0.25) is 4.90 Å². The van der Waals surface area contributed by atoms with Gasteiger partial charge in [0.1, 0.15) is 24.1 Å². The molecule has 2 aliphatic heterocycles. The van der Waals surface area contributed by atoms with Crippen molar-refractivity contribution in [2.45, 2.75) is 218 Å². The number of nitrogens with zero attached hydrogens (tertiary/aromatic N) is 2. The molecule has 3 N–H and O–H groups in total. The molecule has 0 bridgehead atoms. The molecule has 0 aromatic heterocycles. The lowest BCUT2D eigenvalue weighted by atomic mass is 9.55. The van der Waals surface area contributed by atoms with Crippen LogP contribution in [0, 0.1) is 17.8 Å². The SMILES string of the molecule is C=CCOC12Oc3ccc(OC(=O)NCCCCCCCCCCCC)cc3C3C(CCCCO)C(CCCCO)C=C(C(=NOCC)CC1N(Cc1ccc4c(c1)OCO4)C(=O)OCCCCCCCCCCCC)C32. The van der Waals surface area contributed by atoms with E-state index in [1.807, 2.05) is 37.3 Å². The van der Waals surface area contributed by atoms with E-state index in [0.717, 1.165) is 80.9 Å². The first kappa shape index (κ1) is 61.4. The first-order valence-electron chi connectivity index (χ1n) is 30.3. The lowest BCUT2D eigenvalue weighted by Gasteiger charge is -2.59. The summed E-state index contributed by atoms with van der Waals surface area (Å²) in [6.45, 7) is 12.1. The number of fused-ring (bicyclic) bond motifs is 3. The smallest absolute Gasteiger partial charge is 0.412 e. The number of hydrogen-bond donors (Lipinski definition) is 3. The molecule has 0 spiro atoms. The third-order valence-electron chi connectivity index (χ3n) is 16.1. The molecule has 77 heavy (non-hydrogen) atoms. The third-order valence-corrected chi connectivity index (χ3v) is 16.1. The average molecular weight is 1070 g/mol. The number of aliphatic hydroxyl groups is 2. The number of oxime groups is 1. The van der Waals surface area contributed by atoms with Crippen LogP contribution in [0.1, 0.15) is 211 Å². The van der Waals surface area contributed by atoms with E-state index in [-0.39, 0.29) is 63.9 Å². The van der Waals surface area contributed by atoms with E-state index >= 15 is 4.79 Å². The number of amides is 2. The van der Waals surface area contributed by atoms with Crippen LogP contribution in [0.15, 0.2) is 65.9 Å². The second-order valence-corrected chi connectivity index (χ2v) is 21.8. The molecule has 6 unspecified atom stereocenters. The van der Waals surface area contributed by atoms with Gasteiger partial charge in [-0.05, 0) is 98.8 Å². The van der Waals surface area contributed by atoms with Crippen molar-refractivity contribution >= 4 is 17.9 Å². The second-order valence-electron chi connectivity index (χ2n) is 21.8. The number of aliphatic hydroxyl groups excluding tert-OH is 2. The number of carbonyl (C=O) groups excluding carboxylic acids is 2. The largest absolute Gasteiger partial charge is 0.459 e. The summed E-state index contributed by atoms with van der Waals surface area (Å²) >= 11 is 0. The fourth-order valence-corrected chi connectivity index (χ4v) is 12.2. The highest BCUT2D eigenvalue weighted by atomic mass is 16.7. The number of rotatable bonds is 39. The maximum atomic E-state index is 15.2. The van der Waals surface area contributed by atoms with Crippen LogP contribution in [0.2, 0.25) is 0 Å². The van der Waals surface area contributed by atoms with Crippen LogP contribution < -0.4 is 24.3 Å². The molecule has 6 atom stereocenters. The molecule has 430 valence electrons. The lowest BCUT2D eigenvalue weighted by Crippen LogP contribution is -2.70. The maximum absolute atomic E-state index is 15.2. The van der Waals surface area contributed by atoms with Crippen molar-refractivity contribution in [3.63, 3.8) is 0 Å². The van der Waals surface area contributed by atoms with Gasteiger partial charge in [0, 0.05) is 44.2 Å². The molecule has 4 aliphatic rings. The minimum absolute atomic E-state index is 0.0125. The number of unbranched alkanes of at least 4 members (excludes halogenated alkanes) is 20. The normalized spacial score (nSPS) is 21.4. The minimum Gasteiger partial charge on any atom is -0.459 e. The Hall–Kier alpha value is -4.79. The number of hydrogen-bond acceptors (Lipinski definition) is 12. The molecule has 1 saturated carbocycles. The highest BCUT2D eigenvalue weighted by molar-refractivity contribution is 6.03. The Bertz CT molecular complexity index is 2130. The Morgan fingerprint density at radius 3 is 2.06 bits per heavy atom. The van der Waals surface area contributed by atoms with E-state index in [1.165, 1.54) is 89.9 Å². The summed E-state index contributed by atoms with van der Waals surface area (Å²) in [5.74, 6) is -0.131. The molecule has 1 fully saturated rings. The molecule has 0 saturated heterocycles. The highest BCUT2D eigenvalue weighted by Crippen LogP contribution is 2.62. The Kier molecular flexibility index (Phi) is 27.3. The van der Waals surface area contributed by atoms with Crippen LogP contribution in [0.4, 0.5) is 9.59 Å². The average Bonchev–Trinajstić information content (AvgIpc) is 3.96. The second kappa shape index (κ2) is 34.3. The minimum atomic E-state index is -1.50.